The van der Waals surface area contributed by atoms with Gasteiger partial charge in [0.1, 0.15) is 12.2 Å². The number of hydrogen-bond donors (Lipinski definition) is 0. The Balaban J connectivity index is 0.000000221. The molecule has 2 aromatic carbocycles. The largest absolute Gasteiger partial charge is 0.460 e. The van der Waals surface area contributed by atoms with Crippen molar-refractivity contribution < 1.29 is 27.9 Å². The quantitative estimate of drug-likeness (QED) is 0.0731. The van der Waals surface area contributed by atoms with Crippen molar-refractivity contribution in [3.05, 3.63) is 97.6 Å². The standard InChI is InChI=1S/C22H26O4Si.C17H26O2/c1-4-5-16-25-27(20-12-8-6-9-13-20,21-14-10-7-11-15-21)26-18-17-24-22(23)19(2)3;1-10(2)16(18)19-17(11(3)4)14-6-12-5-13(8-14)9-15(17)7-12/h4,6-15H,1-2,5,16-18H2,3H3;11-15H,1,5-9H2,2-4H3. The third kappa shape index (κ3) is 7.99. The molecular weight excluding hydrogens is 593 g/mol. The molecule has 248 valence electrons. The van der Waals surface area contributed by atoms with Crippen LogP contribution in [0.5, 0.6) is 0 Å². The summed E-state index contributed by atoms with van der Waals surface area (Å²) in [5.41, 5.74) is 0.699. The summed E-state index contributed by atoms with van der Waals surface area (Å²) < 4.78 is 24.0. The van der Waals surface area contributed by atoms with Crippen LogP contribution in [0.25, 0.3) is 0 Å². The van der Waals surface area contributed by atoms with Gasteiger partial charge >= 0.3 is 20.5 Å². The monoisotopic (exact) mass is 644 g/mol. The number of benzene rings is 2. The first kappa shape index (κ1) is 35.6. The van der Waals surface area contributed by atoms with Gasteiger partial charge in [-0.25, -0.2) is 9.59 Å². The van der Waals surface area contributed by atoms with Gasteiger partial charge in [-0.05, 0) is 92.3 Å². The van der Waals surface area contributed by atoms with E-state index in [1.807, 2.05) is 66.7 Å². The zero-order valence-corrected chi connectivity index (χ0v) is 29.2. The Bertz CT molecular complexity index is 1280. The Morgan fingerprint density at radius 2 is 1.26 bits per heavy atom. The predicted octanol–water partition coefficient (Wildman–Crippen LogP) is 6.93. The highest BCUT2D eigenvalue weighted by Gasteiger charge is 2.60. The Morgan fingerprint density at radius 1 is 0.783 bits per heavy atom. The van der Waals surface area contributed by atoms with Crippen LogP contribution in [0.1, 0.15) is 66.2 Å². The lowest BCUT2D eigenvalue weighted by atomic mass is 9.47. The third-order valence-corrected chi connectivity index (χ3v) is 13.2. The van der Waals surface area contributed by atoms with Crippen LogP contribution in [0.3, 0.4) is 0 Å². The van der Waals surface area contributed by atoms with Gasteiger partial charge in [-0.2, -0.15) is 0 Å². The average molecular weight is 645 g/mol. The molecule has 6 rings (SSSR count). The number of hydrogen-bond acceptors (Lipinski definition) is 6. The van der Waals surface area contributed by atoms with E-state index in [-0.39, 0.29) is 24.8 Å². The fourth-order valence-electron chi connectivity index (χ4n) is 7.98. The molecule has 2 aromatic rings. The summed E-state index contributed by atoms with van der Waals surface area (Å²) in [6.07, 6.45) is 9.06. The number of carbonyl (C=O) groups is 2. The van der Waals surface area contributed by atoms with Crippen LogP contribution in [-0.2, 0) is 27.9 Å². The highest BCUT2D eigenvalue weighted by molar-refractivity contribution is 6.92. The molecule has 6 nitrogen and oxygen atoms in total. The van der Waals surface area contributed by atoms with Crippen LogP contribution >= 0.6 is 0 Å². The minimum absolute atomic E-state index is 0.144. The highest BCUT2D eigenvalue weighted by Crippen LogP contribution is 2.61. The van der Waals surface area contributed by atoms with Gasteiger partial charge in [0.2, 0.25) is 0 Å². The van der Waals surface area contributed by atoms with E-state index >= 15 is 0 Å². The van der Waals surface area contributed by atoms with Crippen LogP contribution in [0.4, 0.5) is 0 Å². The van der Waals surface area contributed by atoms with Crippen molar-refractivity contribution in [1.82, 2.24) is 0 Å². The maximum atomic E-state index is 12.1. The molecule has 0 amide bonds. The van der Waals surface area contributed by atoms with E-state index in [4.69, 9.17) is 18.3 Å². The molecule has 4 saturated carbocycles. The summed E-state index contributed by atoms with van der Waals surface area (Å²) >= 11 is 0. The smallest absolute Gasteiger partial charge is 0.407 e. The van der Waals surface area contributed by atoms with Gasteiger partial charge in [0.05, 0.1) is 6.61 Å². The van der Waals surface area contributed by atoms with Crippen molar-refractivity contribution in [2.45, 2.75) is 71.8 Å². The minimum Gasteiger partial charge on any atom is -0.460 e. The van der Waals surface area contributed by atoms with E-state index in [0.717, 1.165) is 28.6 Å². The molecule has 4 fully saturated rings. The van der Waals surface area contributed by atoms with Crippen LogP contribution in [-0.4, -0.2) is 45.9 Å². The van der Waals surface area contributed by atoms with E-state index in [1.165, 1.54) is 32.1 Å². The average Bonchev–Trinajstić information content (AvgIpc) is 3.04. The first-order chi connectivity index (χ1) is 22.0. The topological polar surface area (TPSA) is 71.1 Å². The van der Waals surface area contributed by atoms with E-state index in [2.05, 4.69) is 33.6 Å². The van der Waals surface area contributed by atoms with Gasteiger partial charge in [0.25, 0.3) is 0 Å². The molecule has 4 bridgehead atoms. The molecule has 46 heavy (non-hydrogen) atoms. The molecule has 0 heterocycles. The minimum atomic E-state index is -2.95. The SMILES string of the molecule is C=C(C)C(=O)OC1(C(C)C)C2CC3CC(C2)CC1C3.C=CCCO[Si](OCCOC(=O)C(=C)C)(c1ccccc1)c1ccccc1. The second kappa shape index (κ2) is 16.0. The zero-order chi connectivity index (χ0) is 33.3. The third-order valence-electron chi connectivity index (χ3n) is 9.84. The Labute approximate surface area is 277 Å². The highest BCUT2D eigenvalue weighted by atomic mass is 28.4. The fraction of sp³-hybridized carbons (Fsp3) is 0.487. The van der Waals surface area contributed by atoms with Gasteiger partial charge in [0, 0.05) is 17.8 Å². The van der Waals surface area contributed by atoms with Crippen molar-refractivity contribution in [2.75, 3.05) is 19.8 Å². The van der Waals surface area contributed by atoms with Crippen molar-refractivity contribution in [1.29, 1.82) is 0 Å². The van der Waals surface area contributed by atoms with E-state index in [0.29, 0.717) is 35.5 Å². The maximum absolute atomic E-state index is 12.1. The molecule has 0 saturated heterocycles. The van der Waals surface area contributed by atoms with Crippen LogP contribution < -0.4 is 10.4 Å². The Hall–Kier alpha value is -3.26. The molecule has 4 aliphatic carbocycles. The van der Waals surface area contributed by atoms with Crippen molar-refractivity contribution >= 4 is 30.9 Å². The molecule has 4 aliphatic rings. The maximum Gasteiger partial charge on any atom is 0.407 e. The van der Waals surface area contributed by atoms with E-state index < -0.39 is 14.5 Å². The number of carbonyl (C=O) groups excluding carboxylic acids is 2. The van der Waals surface area contributed by atoms with Gasteiger partial charge in [-0.1, -0.05) is 93.7 Å². The molecule has 0 aliphatic heterocycles. The van der Waals surface area contributed by atoms with Crippen LogP contribution in [0.2, 0.25) is 0 Å². The van der Waals surface area contributed by atoms with E-state index in [9.17, 15) is 9.59 Å². The summed E-state index contributed by atoms with van der Waals surface area (Å²) in [5, 5.41) is 2.01. The molecule has 0 radical (unpaired) electrons. The van der Waals surface area contributed by atoms with Crippen LogP contribution in [0.15, 0.2) is 97.6 Å². The summed E-state index contributed by atoms with van der Waals surface area (Å²) in [7, 11) is -2.95. The summed E-state index contributed by atoms with van der Waals surface area (Å²) in [6.45, 7) is 19.8. The van der Waals surface area contributed by atoms with Crippen molar-refractivity contribution in [2.24, 2.45) is 29.6 Å². The van der Waals surface area contributed by atoms with E-state index in [1.54, 1.807) is 13.8 Å². The normalized spacial score (nSPS) is 24.5. The van der Waals surface area contributed by atoms with Crippen LogP contribution in [0, 0.1) is 29.6 Å². The molecule has 0 N–H and O–H groups in total. The Morgan fingerprint density at radius 3 is 1.70 bits per heavy atom. The fourth-order valence-corrected chi connectivity index (χ4v) is 11.1. The lowest BCUT2D eigenvalue weighted by Crippen LogP contribution is -2.63. The summed E-state index contributed by atoms with van der Waals surface area (Å²) in [5.74, 6) is 2.79. The second-order valence-electron chi connectivity index (χ2n) is 13.5. The predicted molar refractivity (Wildman–Crippen MR) is 186 cm³/mol. The summed E-state index contributed by atoms with van der Waals surface area (Å²) in [4.78, 5) is 23.7. The summed E-state index contributed by atoms with van der Waals surface area (Å²) in [6, 6.07) is 19.9. The van der Waals surface area contributed by atoms with Gasteiger partial charge in [-0.3, -0.25) is 0 Å². The lowest BCUT2D eigenvalue weighted by molar-refractivity contribution is -0.221. The molecule has 0 unspecified atom stereocenters. The molecule has 0 aromatic heterocycles. The number of ether oxygens (including phenoxy) is 2. The molecule has 7 heteroatoms. The van der Waals surface area contributed by atoms with Crippen molar-refractivity contribution in [3.63, 3.8) is 0 Å². The van der Waals surface area contributed by atoms with Gasteiger partial charge in [0.15, 0.2) is 0 Å². The zero-order valence-electron chi connectivity index (χ0n) is 28.2. The lowest BCUT2D eigenvalue weighted by Gasteiger charge is -2.61. The number of rotatable bonds is 14. The molecule has 0 atom stereocenters. The first-order valence-corrected chi connectivity index (χ1v) is 18.6. The van der Waals surface area contributed by atoms with Crippen molar-refractivity contribution in [3.8, 4) is 0 Å². The van der Waals surface area contributed by atoms with Gasteiger partial charge < -0.3 is 18.3 Å². The van der Waals surface area contributed by atoms with Gasteiger partial charge in [-0.15, -0.1) is 6.58 Å². The second-order valence-corrected chi connectivity index (χ2v) is 16.5. The first-order valence-electron chi connectivity index (χ1n) is 16.7. The molecule has 0 spiro atoms. The molecular formula is C39H52O6Si. The Kier molecular flexibility index (Phi) is 12.4. The number of esters is 2.